The molecule has 6 nitrogen and oxygen atoms in total. The molecule has 148 valence electrons. The highest BCUT2D eigenvalue weighted by Gasteiger charge is 2.35. The average Bonchev–Trinajstić information content (AvgIpc) is 2.88. The number of carbonyl (C=O) groups excluding carboxylic acids is 1. The van der Waals surface area contributed by atoms with Crippen LogP contribution < -0.4 is 9.64 Å². The van der Waals surface area contributed by atoms with Gasteiger partial charge < -0.3 is 4.74 Å². The van der Waals surface area contributed by atoms with E-state index < -0.39 is 6.23 Å². The number of ether oxygens (including phenoxy) is 1. The van der Waals surface area contributed by atoms with Crippen molar-refractivity contribution >= 4 is 35.0 Å². The number of rotatable bonds is 4. The van der Waals surface area contributed by atoms with Crippen molar-refractivity contribution in [2.24, 2.45) is 0 Å². The normalized spacial score (nSPS) is 15.1. The van der Waals surface area contributed by atoms with Crippen molar-refractivity contribution < 1.29 is 9.53 Å². The number of benzene rings is 2. The molecule has 2 aromatic carbocycles. The second-order valence-corrected chi connectivity index (χ2v) is 8.01. The van der Waals surface area contributed by atoms with E-state index in [0.29, 0.717) is 33.9 Å². The second-order valence-electron chi connectivity index (χ2n) is 6.34. The number of carbonyl (C=O) groups is 1. The molecule has 1 aliphatic rings. The first-order chi connectivity index (χ1) is 14.1. The molecule has 0 bridgehead atoms. The van der Waals surface area contributed by atoms with Crippen LogP contribution in [0.4, 0.5) is 5.69 Å². The van der Waals surface area contributed by atoms with Crippen LogP contribution in [0.1, 0.15) is 32.1 Å². The second kappa shape index (κ2) is 8.39. The van der Waals surface area contributed by atoms with Crippen molar-refractivity contribution in [2.45, 2.75) is 31.7 Å². The fourth-order valence-electron chi connectivity index (χ4n) is 3.22. The number of para-hydroxylation sites is 1. The maximum absolute atomic E-state index is 13.0. The third-order valence-corrected chi connectivity index (χ3v) is 5.45. The summed E-state index contributed by atoms with van der Waals surface area (Å²) in [6.45, 7) is 3.85. The number of nitrogens with zero attached hydrogens (tertiary/aromatic N) is 4. The topological polar surface area (TPSA) is 68.2 Å². The highest BCUT2D eigenvalue weighted by molar-refractivity contribution is 7.99. The zero-order chi connectivity index (χ0) is 20.4. The molecule has 1 amide bonds. The summed E-state index contributed by atoms with van der Waals surface area (Å²) in [7, 11) is 0. The Hall–Kier alpha value is -2.64. The predicted octanol–water partition coefficient (Wildman–Crippen LogP) is 5.14. The molecule has 1 aromatic heterocycles. The Balaban J connectivity index is 1.95. The van der Waals surface area contributed by atoms with E-state index in [1.165, 1.54) is 11.8 Å². The van der Waals surface area contributed by atoms with Crippen molar-refractivity contribution in [3.8, 4) is 17.1 Å². The van der Waals surface area contributed by atoms with Gasteiger partial charge in [0.1, 0.15) is 0 Å². The molecular formula is C21H19ClN4O2S. The van der Waals surface area contributed by atoms with Gasteiger partial charge in [-0.3, -0.25) is 9.69 Å². The Morgan fingerprint density at radius 1 is 1.17 bits per heavy atom. The fraction of sp³-hybridized carbons (Fsp3) is 0.238. The van der Waals surface area contributed by atoms with Crippen molar-refractivity contribution in [1.29, 1.82) is 0 Å². The summed E-state index contributed by atoms with van der Waals surface area (Å²) in [6, 6.07) is 14.9. The molecule has 1 aliphatic heterocycles. The van der Waals surface area contributed by atoms with Crippen LogP contribution >= 0.6 is 23.4 Å². The van der Waals surface area contributed by atoms with Gasteiger partial charge in [-0.05, 0) is 24.0 Å². The molecule has 1 unspecified atom stereocenters. The first-order valence-electron chi connectivity index (χ1n) is 9.33. The van der Waals surface area contributed by atoms with Crippen molar-refractivity contribution in [2.75, 3.05) is 10.7 Å². The third kappa shape index (κ3) is 3.80. The Labute approximate surface area is 178 Å². The summed E-state index contributed by atoms with van der Waals surface area (Å²) in [5, 5.41) is 9.70. The van der Waals surface area contributed by atoms with Crippen LogP contribution in [0.5, 0.6) is 5.88 Å². The lowest BCUT2D eigenvalue weighted by Gasteiger charge is -2.30. The number of amides is 1. The maximum Gasteiger partial charge on any atom is 0.247 e. The van der Waals surface area contributed by atoms with Crippen molar-refractivity contribution in [3.63, 3.8) is 0 Å². The Morgan fingerprint density at radius 2 is 2.00 bits per heavy atom. The Kier molecular flexibility index (Phi) is 5.69. The van der Waals surface area contributed by atoms with Gasteiger partial charge in [0.15, 0.2) is 5.69 Å². The molecule has 0 radical (unpaired) electrons. The zero-order valence-electron chi connectivity index (χ0n) is 16.0. The number of aromatic nitrogens is 3. The fourth-order valence-corrected chi connectivity index (χ4v) is 3.92. The smallest absolute Gasteiger partial charge is 0.247 e. The first-order valence-corrected chi connectivity index (χ1v) is 10.7. The van der Waals surface area contributed by atoms with Gasteiger partial charge in [-0.1, -0.05) is 67.5 Å². The van der Waals surface area contributed by atoms with Gasteiger partial charge in [-0.2, -0.15) is 4.98 Å². The van der Waals surface area contributed by atoms with Crippen LogP contribution in [0.3, 0.4) is 0 Å². The van der Waals surface area contributed by atoms with Crippen LogP contribution in [-0.4, -0.2) is 26.8 Å². The average molecular weight is 427 g/mol. The highest BCUT2D eigenvalue weighted by Crippen LogP contribution is 2.43. The molecule has 1 atom stereocenters. The molecule has 0 spiro atoms. The van der Waals surface area contributed by atoms with E-state index in [0.717, 1.165) is 16.9 Å². The lowest BCUT2D eigenvalue weighted by molar-refractivity contribution is -0.120. The van der Waals surface area contributed by atoms with Gasteiger partial charge in [0.05, 0.1) is 5.69 Å². The molecule has 8 heteroatoms. The van der Waals surface area contributed by atoms with Gasteiger partial charge in [0.2, 0.25) is 23.2 Å². The molecule has 0 N–H and O–H groups in total. The van der Waals surface area contributed by atoms with Gasteiger partial charge in [0, 0.05) is 22.6 Å². The van der Waals surface area contributed by atoms with Crippen LogP contribution in [0.25, 0.3) is 11.3 Å². The van der Waals surface area contributed by atoms with Crippen LogP contribution in [-0.2, 0) is 4.79 Å². The monoisotopic (exact) mass is 426 g/mol. The number of anilines is 1. The quantitative estimate of drug-likeness (QED) is 0.538. The molecular weight excluding hydrogens is 408 g/mol. The van der Waals surface area contributed by atoms with Gasteiger partial charge in [-0.15, -0.1) is 10.2 Å². The highest BCUT2D eigenvalue weighted by atomic mass is 35.5. The predicted molar refractivity (Wildman–Crippen MR) is 114 cm³/mol. The minimum Gasteiger partial charge on any atom is -0.447 e. The molecule has 4 rings (SSSR count). The molecule has 0 saturated carbocycles. The standard InChI is InChI=1S/C21H19ClN4O2S/c1-3-17(27)26-16-11-6-5-10-15(16)18-19(23-21(25-24-18)29-4-2)28-20(26)13-8-7-9-14(22)12-13/h5-12,20H,3-4H2,1-2H3. The molecule has 0 saturated heterocycles. The van der Waals surface area contributed by atoms with E-state index in [4.69, 9.17) is 16.3 Å². The Bertz CT molecular complexity index is 1060. The van der Waals surface area contributed by atoms with E-state index in [9.17, 15) is 4.79 Å². The van der Waals surface area contributed by atoms with Crippen LogP contribution in [0, 0.1) is 0 Å². The van der Waals surface area contributed by atoms with Gasteiger partial charge >= 0.3 is 0 Å². The molecule has 0 fully saturated rings. The van der Waals surface area contributed by atoms with Gasteiger partial charge in [-0.25, -0.2) is 0 Å². The number of fused-ring (bicyclic) bond motifs is 3. The van der Waals surface area contributed by atoms with E-state index >= 15 is 0 Å². The minimum atomic E-state index is -0.722. The lowest BCUT2D eigenvalue weighted by atomic mass is 10.1. The lowest BCUT2D eigenvalue weighted by Crippen LogP contribution is -2.37. The molecule has 29 heavy (non-hydrogen) atoms. The van der Waals surface area contributed by atoms with E-state index in [1.54, 1.807) is 17.0 Å². The number of halogens is 1. The SMILES string of the molecule is CCSc1nnc2c(n1)OC(c1cccc(Cl)c1)N(C(=O)CC)c1ccccc1-2. The molecule has 0 aliphatic carbocycles. The number of thioether (sulfide) groups is 1. The number of hydrogen-bond acceptors (Lipinski definition) is 6. The molecule has 2 heterocycles. The third-order valence-electron chi connectivity index (χ3n) is 4.49. The summed E-state index contributed by atoms with van der Waals surface area (Å²) in [5.74, 6) is 1.08. The summed E-state index contributed by atoms with van der Waals surface area (Å²) >= 11 is 7.71. The van der Waals surface area contributed by atoms with Crippen molar-refractivity contribution in [3.05, 3.63) is 59.1 Å². The van der Waals surface area contributed by atoms with E-state index in [1.807, 2.05) is 50.2 Å². The summed E-state index contributed by atoms with van der Waals surface area (Å²) < 4.78 is 6.32. The van der Waals surface area contributed by atoms with Crippen molar-refractivity contribution in [1.82, 2.24) is 15.2 Å². The van der Waals surface area contributed by atoms with Crippen LogP contribution in [0.15, 0.2) is 53.7 Å². The molecule has 3 aromatic rings. The largest absolute Gasteiger partial charge is 0.447 e. The van der Waals surface area contributed by atoms with E-state index in [-0.39, 0.29) is 5.91 Å². The summed E-state index contributed by atoms with van der Waals surface area (Å²) in [5.41, 5.74) is 2.72. The first kappa shape index (κ1) is 19.7. The van der Waals surface area contributed by atoms with Crippen LogP contribution in [0.2, 0.25) is 5.02 Å². The summed E-state index contributed by atoms with van der Waals surface area (Å²) in [6.07, 6.45) is -0.402. The maximum atomic E-state index is 13.0. The van der Waals surface area contributed by atoms with E-state index in [2.05, 4.69) is 15.2 Å². The zero-order valence-corrected chi connectivity index (χ0v) is 17.6. The Morgan fingerprint density at radius 3 is 2.76 bits per heavy atom. The number of hydrogen-bond donors (Lipinski definition) is 0. The minimum absolute atomic E-state index is 0.0775. The van der Waals surface area contributed by atoms with Gasteiger partial charge in [0.25, 0.3) is 0 Å². The summed E-state index contributed by atoms with van der Waals surface area (Å²) in [4.78, 5) is 19.2.